The van der Waals surface area contributed by atoms with Crippen molar-refractivity contribution in [3.63, 3.8) is 0 Å². The van der Waals surface area contributed by atoms with E-state index >= 15 is 0 Å². The van der Waals surface area contributed by atoms with E-state index in [2.05, 4.69) is 4.98 Å². The van der Waals surface area contributed by atoms with Crippen molar-refractivity contribution < 1.29 is 31.1 Å². The standard InChI is InChI=1S/C16H13ClF3N3O4S/c1-28(25,26)22-16(24)10-3-13(20)14(4-12(10)19)27-9-2-11(17)15(21-5-9)23-6-8(18)7-23/h2-5,8H,6-7H2,1H3,(H,22,24). The zero-order chi connectivity index (χ0) is 20.6. The van der Waals surface area contributed by atoms with Gasteiger partial charge in [-0.3, -0.25) is 4.79 Å². The first kappa shape index (κ1) is 20.2. The van der Waals surface area contributed by atoms with E-state index in [0.29, 0.717) is 24.2 Å². The molecule has 2 heterocycles. The van der Waals surface area contributed by atoms with Gasteiger partial charge < -0.3 is 9.64 Å². The molecule has 1 aromatic heterocycles. The van der Waals surface area contributed by atoms with E-state index in [9.17, 15) is 26.4 Å². The minimum Gasteiger partial charge on any atom is -0.452 e. The van der Waals surface area contributed by atoms with Gasteiger partial charge in [0, 0.05) is 12.1 Å². The number of carbonyl (C=O) groups excluding carboxylic acids is 1. The number of hydrogen-bond acceptors (Lipinski definition) is 6. The summed E-state index contributed by atoms with van der Waals surface area (Å²) < 4.78 is 70.1. The highest BCUT2D eigenvalue weighted by Crippen LogP contribution is 2.33. The number of carbonyl (C=O) groups is 1. The zero-order valence-corrected chi connectivity index (χ0v) is 15.8. The molecular formula is C16H13ClF3N3O4S. The number of anilines is 1. The van der Waals surface area contributed by atoms with E-state index in [4.69, 9.17) is 16.3 Å². The first-order valence-electron chi connectivity index (χ1n) is 7.77. The zero-order valence-electron chi connectivity index (χ0n) is 14.2. The number of alkyl halides is 1. The third-order valence-corrected chi connectivity index (χ3v) is 4.54. The highest BCUT2D eigenvalue weighted by molar-refractivity contribution is 7.89. The molecule has 1 N–H and O–H groups in total. The Labute approximate surface area is 163 Å². The van der Waals surface area contributed by atoms with E-state index in [-0.39, 0.29) is 23.9 Å². The van der Waals surface area contributed by atoms with Crippen LogP contribution in [0.1, 0.15) is 10.4 Å². The summed E-state index contributed by atoms with van der Waals surface area (Å²) in [7, 11) is -3.95. The van der Waals surface area contributed by atoms with Crippen LogP contribution in [0.2, 0.25) is 5.02 Å². The quantitative estimate of drug-likeness (QED) is 0.776. The maximum absolute atomic E-state index is 14.2. The molecule has 2 aromatic rings. The monoisotopic (exact) mass is 435 g/mol. The molecule has 1 amide bonds. The number of hydrogen-bond donors (Lipinski definition) is 1. The van der Waals surface area contributed by atoms with Crippen LogP contribution in [0.4, 0.5) is 19.0 Å². The predicted octanol–water partition coefficient (Wildman–Crippen LogP) is 2.65. The van der Waals surface area contributed by atoms with E-state index < -0.39 is 45.0 Å². The van der Waals surface area contributed by atoms with Crippen LogP contribution in [0.5, 0.6) is 11.5 Å². The third kappa shape index (κ3) is 4.47. The van der Waals surface area contributed by atoms with Gasteiger partial charge in [0.15, 0.2) is 11.6 Å². The Morgan fingerprint density at radius 3 is 2.54 bits per heavy atom. The van der Waals surface area contributed by atoms with Gasteiger partial charge in [-0.05, 0) is 6.07 Å². The molecule has 12 heteroatoms. The molecule has 0 bridgehead atoms. The number of sulfonamides is 1. The van der Waals surface area contributed by atoms with Crippen LogP contribution in [0.25, 0.3) is 0 Å². The minimum absolute atomic E-state index is 0.0160. The summed E-state index contributed by atoms with van der Waals surface area (Å²) in [5.74, 6) is -3.86. The molecule has 1 aromatic carbocycles. The Bertz CT molecular complexity index is 1050. The van der Waals surface area contributed by atoms with Crippen molar-refractivity contribution in [1.82, 2.24) is 9.71 Å². The Kier molecular flexibility index (Phi) is 5.39. The van der Waals surface area contributed by atoms with Crippen LogP contribution >= 0.6 is 11.6 Å². The van der Waals surface area contributed by atoms with Gasteiger partial charge >= 0.3 is 0 Å². The molecule has 0 spiro atoms. The van der Waals surface area contributed by atoms with Crippen molar-refractivity contribution >= 4 is 33.3 Å². The first-order chi connectivity index (χ1) is 13.0. The molecule has 1 aliphatic heterocycles. The van der Waals surface area contributed by atoms with Crippen LogP contribution in [0.3, 0.4) is 0 Å². The van der Waals surface area contributed by atoms with Gasteiger partial charge in [0.25, 0.3) is 5.91 Å². The number of aromatic nitrogens is 1. The molecule has 28 heavy (non-hydrogen) atoms. The number of ether oxygens (including phenoxy) is 1. The Morgan fingerprint density at radius 1 is 1.29 bits per heavy atom. The second-order valence-corrected chi connectivity index (χ2v) is 8.20. The molecule has 1 aliphatic rings. The number of rotatable bonds is 5. The van der Waals surface area contributed by atoms with Crippen molar-refractivity contribution in [2.75, 3.05) is 24.2 Å². The van der Waals surface area contributed by atoms with Gasteiger partial charge in [-0.15, -0.1) is 0 Å². The van der Waals surface area contributed by atoms with Gasteiger partial charge in [-0.1, -0.05) is 11.6 Å². The lowest BCUT2D eigenvalue weighted by Gasteiger charge is -2.35. The molecule has 1 fully saturated rings. The number of amides is 1. The van der Waals surface area contributed by atoms with Crippen LogP contribution in [0, 0.1) is 11.6 Å². The lowest BCUT2D eigenvalue weighted by molar-refractivity contribution is 0.0977. The van der Waals surface area contributed by atoms with Gasteiger partial charge in [0.1, 0.15) is 23.6 Å². The van der Waals surface area contributed by atoms with E-state index in [1.165, 1.54) is 17.0 Å². The first-order valence-corrected chi connectivity index (χ1v) is 10.0. The maximum atomic E-state index is 14.2. The summed E-state index contributed by atoms with van der Waals surface area (Å²) in [6.07, 6.45) is 0.948. The van der Waals surface area contributed by atoms with Crippen molar-refractivity contribution in [2.24, 2.45) is 0 Å². The summed E-state index contributed by atoms with van der Waals surface area (Å²) in [6, 6.07) is 2.41. The number of halogens is 4. The summed E-state index contributed by atoms with van der Waals surface area (Å²) in [4.78, 5) is 17.3. The summed E-state index contributed by atoms with van der Waals surface area (Å²) in [5, 5.41) is 0.134. The van der Waals surface area contributed by atoms with Crippen LogP contribution < -0.4 is 14.4 Å². The third-order valence-electron chi connectivity index (χ3n) is 3.71. The number of nitrogens with one attached hydrogen (secondary N) is 1. The molecule has 150 valence electrons. The Hall–Kier alpha value is -2.53. The normalized spacial score (nSPS) is 14.5. The van der Waals surface area contributed by atoms with Gasteiger partial charge in [0.05, 0.1) is 36.1 Å². The largest absolute Gasteiger partial charge is 0.452 e. The molecule has 0 aliphatic carbocycles. The van der Waals surface area contributed by atoms with Gasteiger partial charge in [-0.2, -0.15) is 0 Å². The number of pyridine rings is 1. The Morgan fingerprint density at radius 2 is 1.96 bits per heavy atom. The molecule has 3 rings (SSSR count). The topological polar surface area (TPSA) is 88.6 Å². The fourth-order valence-electron chi connectivity index (χ4n) is 2.43. The van der Waals surface area contributed by atoms with Crippen molar-refractivity contribution in [2.45, 2.75) is 6.17 Å². The van der Waals surface area contributed by atoms with Gasteiger partial charge in [0.2, 0.25) is 10.0 Å². The minimum atomic E-state index is -3.95. The molecule has 0 saturated carbocycles. The highest BCUT2D eigenvalue weighted by Gasteiger charge is 2.29. The number of benzene rings is 1. The van der Waals surface area contributed by atoms with Crippen molar-refractivity contribution in [3.05, 3.63) is 46.6 Å². The smallest absolute Gasteiger partial charge is 0.267 e. The Balaban J connectivity index is 1.80. The second-order valence-electron chi connectivity index (χ2n) is 6.05. The maximum Gasteiger partial charge on any atom is 0.267 e. The highest BCUT2D eigenvalue weighted by atomic mass is 35.5. The fourth-order valence-corrected chi connectivity index (χ4v) is 3.15. The molecule has 1 saturated heterocycles. The van der Waals surface area contributed by atoms with E-state index in [1.807, 2.05) is 0 Å². The average Bonchev–Trinajstić information content (AvgIpc) is 2.54. The molecule has 0 unspecified atom stereocenters. The lowest BCUT2D eigenvalue weighted by atomic mass is 10.2. The van der Waals surface area contributed by atoms with Crippen LogP contribution in [-0.2, 0) is 10.0 Å². The second kappa shape index (κ2) is 7.47. The van der Waals surface area contributed by atoms with E-state index in [1.54, 1.807) is 4.90 Å². The summed E-state index contributed by atoms with van der Waals surface area (Å²) in [5.41, 5.74) is -0.805. The van der Waals surface area contributed by atoms with Crippen molar-refractivity contribution in [1.29, 1.82) is 0 Å². The molecule has 7 nitrogen and oxygen atoms in total. The molecule has 0 radical (unpaired) electrons. The number of nitrogens with zero attached hydrogens (tertiary/aromatic N) is 2. The summed E-state index contributed by atoms with van der Waals surface area (Å²) in [6.45, 7) is 0.313. The SMILES string of the molecule is CS(=O)(=O)NC(=O)c1cc(F)c(Oc2cnc(N3CC(F)C3)c(Cl)c2)cc1F. The lowest BCUT2D eigenvalue weighted by Crippen LogP contribution is -2.48. The predicted molar refractivity (Wildman–Crippen MR) is 95.1 cm³/mol. The fraction of sp³-hybridized carbons (Fsp3) is 0.250. The van der Waals surface area contributed by atoms with Crippen molar-refractivity contribution in [3.8, 4) is 11.5 Å². The van der Waals surface area contributed by atoms with E-state index in [0.717, 1.165) is 0 Å². The molecular weight excluding hydrogens is 423 g/mol. The molecule has 0 atom stereocenters. The average molecular weight is 436 g/mol. The van der Waals surface area contributed by atoms with Crippen LogP contribution in [-0.4, -0.2) is 44.8 Å². The van der Waals surface area contributed by atoms with Crippen LogP contribution in [0.15, 0.2) is 24.4 Å². The summed E-state index contributed by atoms with van der Waals surface area (Å²) >= 11 is 6.07. The van der Waals surface area contributed by atoms with Gasteiger partial charge in [-0.25, -0.2) is 31.3 Å².